The summed E-state index contributed by atoms with van der Waals surface area (Å²) in [6.45, 7) is 0. The lowest BCUT2D eigenvalue weighted by Crippen LogP contribution is -2.13. The molecule has 0 unspecified atom stereocenters. The number of sulfonamides is 1. The van der Waals surface area contributed by atoms with Gasteiger partial charge in [0.2, 0.25) is 0 Å². The molecule has 0 fully saturated rings. The van der Waals surface area contributed by atoms with Crippen LogP contribution in [0.15, 0.2) is 77.7 Å². The van der Waals surface area contributed by atoms with Gasteiger partial charge in [-0.2, -0.15) is 0 Å². The third-order valence-electron chi connectivity index (χ3n) is 5.83. The van der Waals surface area contributed by atoms with Crippen molar-refractivity contribution in [1.29, 1.82) is 0 Å². The van der Waals surface area contributed by atoms with E-state index in [2.05, 4.69) is 22.2 Å². The van der Waals surface area contributed by atoms with Crippen molar-refractivity contribution in [2.24, 2.45) is 0 Å². The van der Waals surface area contributed by atoms with Crippen LogP contribution in [0.4, 0.5) is 11.4 Å². The Bertz CT molecular complexity index is 1510. The molecule has 0 radical (unpaired) electrons. The lowest BCUT2D eigenvalue weighted by atomic mass is 10.1. The molecule has 0 saturated heterocycles. The zero-order valence-corrected chi connectivity index (χ0v) is 16.6. The Balaban J connectivity index is 1.41. The fourth-order valence-corrected chi connectivity index (χ4v) is 5.77. The molecule has 6 rings (SSSR count). The molecule has 1 aliphatic carbocycles. The van der Waals surface area contributed by atoms with Gasteiger partial charge in [0.15, 0.2) is 0 Å². The molecule has 0 spiro atoms. The van der Waals surface area contributed by atoms with Gasteiger partial charge < -0.3 is 5.32 Å². The molecule has 1 aliphatic heterocycles. The predicted octanol–water partition coefficient (Wildman–Crippen LogP) is 4.78. The van der Waals surface area contributed by atoms with Crippen LogP contribution >= 0.6 is 0 Å². The third kappa shape index (κ3) is 2.40. The Morgan fingerprint density at radius 2 is 1.60 bits per heavy atom. The zero-order chi connectivity index (χ0) is 20.5. The van der Waals surface area contributed by atoms with E-state index in [1.807, 2.05) is 24.3 Å². The number of nitrogens with one attached hydrogen (secondary N) is 2. The normalized spacial score (nSPS) is 13.8. The third-order valence-corrected chi connectivity index (χ3v) is 7.27. The summed E-state index contributed by atoms with van der Waals surface area (Å²) in [6, 6.07) is 22.2. The summed E-state index contributed by atoms with van der Waals surface area (Å²) in [7, 11) is -3.84. The molecule has 0 bridgehead atoms. The second-order valence-electron chi connectivity index (χ2n) is 7.60. The van der Waals surface area contributed by atoms with Crippen LogP contribution < -0.4 is 10.0 Å². The molecular formula is C24H16N2O3S. The van der Waals surface area contributed by atoms with Gasteiger partial charge in [0.25, 0.3) is 15.9 Å². The van der Waals surface area contributed by atoms with Crippen molar-refractivity contribution in [1.82, 2.24) is 0 Å². The molecule has 4 aromatic rings. The minimum Gasteiger partial charge on any atom is -0.321 e. The Labute approximate surface area is 173 Å². The van der Waals surface area contributed by atoms with Crippen molar-refractivity contribution < 1.29 is 13.2 Å². The van der Waals surface area contributed by atoms with Gasteiger partial charge in [-0.1, -0.05) is 42.5 Å². The topological polar surface area (TPSA) is 75.3 Å². The Kier molecular flexibility index (Phi) is 3.41. The van der Waals surface area contributed by atoms with E-state index in [0.29, 0.717) is 27.7 Å². The summed E-state index contributed by atoms with van der Waals surface area (Å²) in [4.78, 5) is 12.3. The lowest BCUT2D eigenvalue weighted by Gasteiger charge is -2.12. The van der Waals surface area contributed by atoms with Gasteiger partial charge in [0.1, 0.15) is 0 Å². The van der Waals surface area contributed by atoms with Crippen LogP contribution in [-0.4, -0.2) is 14.3 Å². The zero-order valence-electron chi connectivity index (χ0n) is 15.8. The van der Waals surface area contributed by atoms with Crippen LogP contribution in [0.25, 0.3) is 21.9 Å². The molecule has 4 aromatic carbocycles. The maximum absolute atomic E-state index is 13.2. The van der Waals surface area contributed by atoms with Crippen LogP contribution in [0.2, 0.25) is 0 Å². The molecule has 2 N–H and O–H groups in total. The lowest BCUT2D eigenvalue weighted by molar-refractivity contribution is 0.103. The van der Waals surface area contributed by atoms with Crippen molar-refractivity contribution in [3.8, 4) is 11.1 Å². The highest BCUT2D eigenvalue weighted by atomic mass is 32.2. The van der Waals surface area contributed by atoms with E-state index in [-0.39, 0.29) is 10.8 Å². The van der Waals surface area contributed by atoms with Gasteiger partial charge in [0.05, 0.1) is 4.90 Å². The van der Waals surface area contributed by atoms with Gasteiger partial charge in [-0.05, 0) is 59.0 Å². The summed E-state index contributed by atoms with van der Waals surface area (Å²) in [6.07, 6.45) is 0.788. The van der Waals surface area contributed by atoms with Crippen molar-refractivity contribution in [3.05, 3.63) is 89.5 Å². The van der Waals surface area contributed by atoms with Gasteiger partial charge in [-0.3, -0.25) is 9.52 Å². The first-order valence-corrected chi connectivity index (χ1v) is 11.1. The van der Waals surface area contributed by atoms with Crippen LogP contribution in [0.5, 0.6) is 0 Å². The van der Waals surface area contributed by atoms with Crippen molar-refractivity contribution >= 4 is 38.1 Å². The summed E-state index contributed by atoms with van der Waals surface area (Å²) >= 11 is 0. The smallest absolute Gasteiger partial charge is 0.262 e. The van der Waals surface area contributed by atoms with Gasteiger partial charge >= 0.3 is 0 Å². The molecule has 2 aliphatic rings. The minimum atomic E-state index is -3.84. The number of fused-ring (bicyclic) bond motifs is 3. The maximum Gasteiger partial charge on any atom is 0.262 e. The monoisotopic (exact) mass is 412 g/mol. The fourth-order valence-electron chi connectivity index (χ4n) is 4.52. The molecule has 0 atom stereocenters. The number of amides is 1. The Morgan fingerprint density at radius 3 is 2.50 bits per heavy atom. The largest absolute Gasteiger partial charge is 0.321 e. The molecule has 1 amide bonds. The van der Waals surface area contributed by atoms with E-state index in [0.717, 1.165) is 17.5 Å². The van der Waals surface area contributed by atoms with Crippen LogP contribution in [0.3, 0.4) is 0 Å². The van der Waals surface area contributed by atoms with E-state index < -0.39 is 10.0 Å². The highest BCUT2D eigenvalue weighted by Crippen LogP contribution is 2.39. The summed E-state index contributed by atoms with van der Waals surface area (Å²) in [5.41, 5.74) is 6.35. The number of hydrogen-bond donors (Lipinski definition) is 2. The second-order valence-corrected chi connectivity index (χ2v) is 9.26. The first-order chi connectivity index (χ1) is 14.5. The summed E-state index contributed by atoms with van der Waals surface area (Å²) < 4.78 is 29.2. The summed E-state index contributed by atoms with van der Waals surface area (Å²) in [5, 5.41) is 3.96. The highest BCUT2D eigenvalue weighted by Gasteiger charge is 2.26. The predicted molar refractivity (Wildman–Crippen MR) is 117 cm³/mol. The van der Waals surface area contributed by atoms with Crippen LogP contribution in [0, 0.1) is 0 Å². The molecule has 5 nitrogen and oxygen atoms in total. The van der Waals surface area contributed by atoms with Gasteiger partial charge in [0, 0.05) is 27.7 Å². The summed E-state index contributed by atoms with van der Waals surface area (Å²) in [5.74, 6) is -0.212. The molecule has 146 valence electrons. The van der Waals surface area contributed by atoms with Gasteiger partial charge in [-0.25, -0.2) is 8.42 Å². The van der Waals surface area contributed by atoms with E-state index >= 15 is 0 Å². The second kappa shape index (κ2) is 5.93. The minimum absolute atomic E-state index is 0.156. The highest BCUT2D eigenvalue weighted by molar-refractivity contribution is 7.93. The SMILES string of the molecule is O=C1Nc2ccc(S(=O)(=O)Nc3ccc4c(c3)Cc3ccccc3-4)c3cccc1c23. The number of carbonyl (C=O) groups is 1. The Morgan fingerprint density at radius 1 is 0.800 bits per heavy atom. The first kappa shape index (κ1) is 17.2. The molecule has 0 aromatic heterocycles. The molecule has 0 saturated carbocycles. The quantitative estimate of drug-likeness (QED) is 0.448. The number of carbonyl (C=O) groups excluding carboxylic acids is 1. The van der Waals surface area contributed by atoms with E-state index in [9.17, 15) is 13.2 Å². The Hall–Kier alpha value is -3.64. The van der Waals surface area contributed by atoms with E-state index in [1.54, 1.807) is 36.4 Å². The molecule has 30 heavy (non-hydrogen) atoms. The average Bonchev–Trinajstić information content (AvgIpc) is 3.26. The van der Waals surface area contributed by atoms with Crippen LogP contribution in [-0.2, 0) is 16.4 Å². The van der Waals surface area contributed by atoms with Crippen molar-refractivity contribution in [2.45, 2.75) is 11.3 Å². The van der Waals surface area contributed by atoms with E-state index in [1.165, 1.54) is 11.1 Å². The number of rotatable bonds is 3. The van der Waals surface area contributed by atoms with Crippen LogP contribution in [0.1, 0.15) is 21.5 Å². The van der Waals surface area contributed by atoms with Crippen molar-refractivity contribution in [2.75, 3.05) is 10.0 Å². The standard InChI is InChI=1S/C24H16N2O3S/c27-24-20-7-3-6-19-22(11-10-21(25-24)23(19)20)30(28,29)26-16-8-9-18-15(13-16)12-14-4-1-2-5-17(14)18/h1-11,13,26H,12H2,(H,25,27). The molecule has 6 heteroatoms. The number of benzene rings is 4. The first-order valence-electron chi connectivity index (χ1n) is 9.62. The molecule has 1 heterocycles. The number of anilines is 2. The number of hydrogen-bond acceptors (Lipinski definition) is 3. The molecular weight excluding hydrogens is 396 g/mol. The maximum atomic E-state index is 13.2. The van der Waals surface area contributed by atoms with E-state index in [4.69, 9.17) is 0 Å². The fraction of sp³-hybridized carbons (Fsp3) is 0.0417. The average molecular weight is 412 g/mol. The van der Waals surface area contributed by atoms with Gasteiger partial charge in [-0.15, -0.1) is 0 Å². The van der Waals surface area contributed by atoms with Crippen molar-refractivity contribution in [3.63, 3.8) is 0 Å².